The average molecular weight is 206 g/mol. The van der Waals surface area contributed by atoms with Gasteiger partial charge < -0.3 is 10.0 Å². The Morgan fingerprint density at radius 3 is 3.07 bits per heavy atom. The summed E-state index contributed by atoms with van der Waals surface area (Å²) in [5.41, 5.74) is 1.09. The van der Waals surface area contributed by atoms with Crippen LogP contribution in [0.15, 0.2) is 18.5 Å². The number of aromatic nitrogens is 1. The third kappa shape index (κ3) is 1.93. The van der Waals surface area contributed by atoms with Gasteiger partial charge in [0, 0.05) is 19.3 Å². The molecule has 1 aromatic rings. The van der Waals surface area contributed by atoms with Crippen LogP contribution in [0.4, 0.5) is 5.69 Å². The van der Waals surface area contributed by atoms with E-state index in [2.05, 4.69) is 16.8 Å². The van der Waals surface area contributed by atoms with Gasteiger partial charge in [-0.15, -0.1) is 0 Å². The van der Waals surface area contributed by atoms with Crippen LogP contribution in [0.5, 0.6) is 0 Å². The van der Waals surface area contributed by atoms with E-state index >= 15 is 0 Å². The second-order valence-corrected chi connectivity index (χ2v) is 4.04. The Morgan fingerprint density at radius 2 is 2.47 bits per heavy atom. The molecule has 2 rings (SSSR count). The van der Waals surface area contributed by atoms with Crippen LogP contribution in [0.25, 0.3) is 0 Å². The summed E-state index contributed by atoms with van der Waals surface area (Å²) in [7, 11) is 0. The van der Waals surface area contributed by atoms with Crippen LogP contribution >= 0.6 is 0 Å². The van der Waals surface area contributed by atoms with Crippen molar-refractivity contribution in [3.8, 4) is 0 Å². The zero-order valence-corrected chi connectivity index (χ0v) is 8.68. The maximum Gasteiger partial charge on any atom is 0.337 e. The van der Waals surface area contributed by atoms with Crippen LogP contribution in [-0.2, 0) is 0 Å². The Kier molecular flexibility index (Phi) is 2.58. The van der Waals surface area contributed by atoms with Crippen molar-refractivity contribution < 1.29 is 9.90 Å². The molecule has 0 spiro atoms. The van der Waals surface area contributed by atoms with E-state index in [0.717, 1.165) is 25.2 Å². The van der Waals surface area contributed by atoms with Crippen molar-refractivity contribution >= 4 is 11.7 Å². The zero-order chi connectivity index (χ0) is 10.8. The van der Waals surface area contributed by atoms with Gasteiger partial charge in [0.2, 0.25) is 0 Å². The van der Waals surface area contributed by atoms with E-state index in [1.165, 1.54) is 6.20 Å². The van der Waals surface area contributed by atoms with Gasteiger partial charge in [-0.25, -0.2) is 4.79 Å². The van der Waals surface area contributed by atoms with E-state index in [0.29, 0.717) is 11.5 Å². The number of rotatable bonds is 2. The van der Waals surface area contributed by atoms with Crippen molar-refractivity contribution in [2.45, 2.75) is 13.3 Å². The average Bonchev–Trinajstić information content (AvgIpc) is 2.65. The van der Waals surface area contributed by atoms with Gasteiger partial charge in [-0.1, -0.05) is 6.92 Å². The van der Waals surface area contributed by atoms with Crippen LogP contribution in [0.3, 0.4) is 0 Å². The number of carboxylic acid groups (broad SMARTS) is 1. The maximum absolute atomic E-state index is 11.0. The molecule has 2 heterocycles. The zero-order valence-electron chi connectivity index (χ0n) is 8.68. The molecule has 4 nitrogen and oxygen atoms in total. The topological polar surface area (TPSA) is 53.4 Å². The summed E-state index contributed by atoms with van der Waals surface area (Å²) < 4.78 is 0. The number of carboxylic acids is 1. The molecule has 1 aliphatic rings. The first-order valence-electron chi connectivity index (χ1n) is 5.10. The number of hydrogen-bond acceptors (Lipinski definition) is 3. The van der Waals surface area contributed by atoms with Crippen LogP contribution in [-0.4, -0.2) is 29.1 Å². The summed E-state index contributed by atoms with van der Waals surface area (Å²) in [6.07, 6.45) is 4.28. The van der Waals surface area contributed by atoms with Gasteiger partial charge in [-0.3, -0.25) is 4.98 Å². The molecule has 1 unspecified atom stereocenters. The number of carbonyl (C=O) groups is 1. The Hall–Kier alpha value is -1.58. The molecule has 0 aliphatic carbocycles. The minimum Gasteiger partial charge on any atom is -0.478 e. The third-order valence-corrected chi connectivity index (χ3v) is 2.80. The summed E-state index contributed by atoms with van der Waals surface area (Å²) >= 11 is 0. The summed E-state index contributed by atoms with van der Waals surface area (Å²) in [4.78, 5) is 17.1. The summed E-state index contributed by atoms with van der Waals surface area (Å²) in [6.45, 7) is 4.02. The van der Waals surface area contributed by atoms with Crippen LogP contribution in [0.1, 0.15) is 23.7 Å². The minimum atomic E-state index is -0.882. The molecule has 80 valence electrons. The van der Waals surface area contributed by atoms with Gasteiger partial charge in [0.05, 0.1) is 17.4 Å². The van der Waals surface area contributed by atoms with E-state index in [-0.39, 0.29) is 0 Å². The lowest BCUT2D eigenvalue weighted by Crippen LogP contribution is -2.21. The Bertz CT molecular complexity index is 379. The van der Waals surface area contributed by atoms with E-state index in [1.807, 2.05) is 0 Å². The van der Waals surface area contributed by atoms with Crippen molar-refractivity contribution in [2.75, 3.05) is 18.0 Å². The molecule has 15 heavy (non-hydrogen) atoms. The third-order valence-electron chi connectivity index (χ3n) is 2.80. The van der Waals surface area contributed by atoms with Crippen molar-refractivity contribution in [1.29, 1.82) is 0 Å². The fourth-order valence-electron chi connectivity index (χ4n) is 1.97. The summed E-state index contributed by atoms with van der Waals surface area (Å²) in [5, 5.41) is 9.04. The molecule has 4 heteroatoms. The smallest absolute Gasteiger partial charge is 0.337 e. The fourth-order valence-corrected chi connectivity index (χ4v) is 1.97. The molecule has 1 saturated heterocycles. The highest BCUT2D eigenvalue weighted by molar-refractivity contribution is 5.94. The number of hydrogen-bond donors (Lipinski definition) is 1. The number of pyridine rings is 1. The van der Waals surface area contributed by atoms with Gasteiger partial charge in [0.25, 0.3) is 0 Å². The Labute approximate surface area is 88.6 Å². The van der Waals surface area contributed by atoms with Crippen molar-refractivity contribution in [3.63, 3.8) is 0 Å². The van der Waals surface area contributed by atoms with Crippen LogP contribution in [0.2, 0.25) is 0 Å². The second kappa shape index (κ2) is 3.88. The molecular weight excluding hydrogens is 192 g/mol. The lowest BCUT2D eigenvalue weighted by Gasteiger charge is -2.19. The molecule has 0 aromatic carbocycles. The maximum atomic E-state index is 11.0. The highest BCUT2D eigenvalue weighted by Gasteiger charge is 2.22. The van der Waals surface area contributed by atoms with Crippen LogP contribution in [0, 0.1) is 5.92 Å². The predicted molar refractivity (Wildman–Crippen MR) is 57.2 cm³/mol. The second-order valence-electron chi connectivity index (χ2n) is 4.04. The molecule has 1 atom stereocenters. The lowest BCUT2D eigenvalue weighted by atomic mass is 10.2. The van der Waals surface area contributed by atoms with E-state index in [1.54, 1.807) is 12.3 Å². The van der Waals surface area contributed by atoms with Gasteiger partial charge in [-0.2, -0.15) is 0 Å². The SMILES string of the molecule is CC1CCN(c2cnccc2C(=O)O)C1. The predicted octanol–water partition coefficient (Wildman–Crippen LogP) is 1.63. The number of anilines is 1. The standard InChI is InChI=1S/C11H14N2O2/c1-8-3-5-13(7-8)10-6-12-4-2-9(10)11(14)15/h2,4,6,8H,3,5,7H2,1H3,(H,14,15). The Morgan fingerprint density at radius 1 is 1.67 bits per heavy atom. The molecule has 1 aromatic heterocycles. The normalized spacial score (nSPS) is 20.6. The van der Waals surface area contributed by atoms with Gasteiger partial charge >= 0.3 is 5.97 Å². The molecule has 0 amide bonds. The highest BCUT2D eigenvalue weighted by Crippen LogP contribution is 2.25. The number of aromatic carboxylic acids is 1. The molecule has 1 N–H and O–H groups in total. The first kappa shape index (κ1) is 9.96. The minimum absolute atomic E-state index is 0.346. The molecule has 0 radical (unpaired) electrons. The molecule has 1 aliphatic heterocycles. The summed E-state index contributed by atoms with van der Waals surface area (Å²) in [6, 6.07) is 1.56. The molecule has 1 fully saturated rings. The fraction of sp³-hybridized carbons (Fsp3) is 0.455. The van der Waals surface area contributed by atoms with Crippen molar-refractivity contribution in [1.82, 2.24) is 4.98 Å². The van der Waals surface area contributed by atoms with Crippen molar-refractivity contribution in [2.24, 2.45) is 5.92 Å². The number of nitrogens with zero attached hydrogens (tertiary/aromatic N) is 2. The van der Waals surface area contributed by atoms with Gasteiger partial charge in [0.15, 0.2) is 0 Å². The van der Waals surface area contributed by atoms with E-state index in [4.69, 9.17) is 5.11 Å². The van der Waals surface area contributed by atoms with Crippen molar-refractivity contribution in [3.05, 3.63) is 24.0 Å². The quantitative estimate of drug-likeness (QED) is 0.799. The lowest BCUT2D eigenvalue weighted by molar-refractivity contribution is 0.0697. The van der Waals surface area contributed by atoms with E-state index < -0.39 is 5.97 Å². The monoisotopic (exact) mass is 206 g/mol. The molecule has 0 bridgehead atoms. The van der Waals surface area contributed by atoms with Gasteiger partial charge in [0.1, 0.15) is 0 Å². The largest absolute Gasteiger partial charge is 0.478 e. The highest BCUT2D eigenvalue weighted by atomic mass is 16.4. The van der Waals surface area contributed by atoms with E-state index in [9.17, 15) is 4.79 Å². The first-order chi connectivity index (χ1) is 7.18. The Balaban J connectivity index is 2.31. The van der Waals surface area contributed by atoms with Crippen LogP contribution < -0.4 is 4.90 Å². The molecule has 0 saturated carbocycles. The molecular formula is C11H14N2O2. The first-order valence-corrected chi connectivity index (χ1v) is 5.10. The summed E-state index contributed by atoms with van der Waals surface area (Å²) in [5.74, 6) is -0.251. The van der Waals surface area contributed by atoms with Gasteiger partial charge in [-0.05, 0) is 18.4 Å².